The van der Waals surface area contributed by atoms with E-state index in [2.05, 4.69) is 26.3 Å². The molecule has 0 fully saturated rings. The number of hydrogen-bond acceptors (Lipinski definition) is 2. The molecular formula is C18H30O2. The molecule has 0 heterocycles. The van der Waals surface area contributed by atoms with Gasteiger partial charge in [-0.15, -0.1) is 26.3 Å². The van der Waals surface area contributed by atoms with Crippen molar-refractivity contribution in [1.29, 1.82) is 0 Å². The maximum absolute atomic E-state index is 5.73. The van der Waals surface area contributed by atoms with Gasteiger partial charge < -0.3 is 9.47 Å². The second-order valence-electron chi connectivity index (χ2n) is 4.73. The molecule has 20 heavy (non-hydrogen) atoms. The van der Waals surface area contributed by atoms with Crippen LogP contribution in [-0.2, 0) is 9.47 Å². The van der Waals surface area contributed by atoms with Crippen molar-refractivity contribution in [2.24, 2.45) is 0 Å². The molecule has 0 saturated carbocycles. The zero-order valence-corrected chi connectivity index (χ0v) is 12.8. The van der Waals surface area contributed by atoms with Crippen molar-refractivity contribution in [1.82, 2.24) is 0 Å². The number of allylic oxidation sites excluding steroid dienone is 2. The zero-order chi connectivity index (χ0) is 15.1. The van der Waals surface area contributed by atoms with Crippen LogP contribution in [0.25, 0.3) is 0 Å². The Bertz CT molecular complexity index is 243. The van der Waals surface area contributed by atoms with Crippen molar-refractivity contribution in [2.45, 2.75) is 50.7 Å². The zero-order valence-electron chi connectivity index (χ0n) is 12.8. The van der Waals surface area contributed by atoms with Gasteiger partial charge in [-0.1, -0.05) is 24.3 Å². The van der Waals surface area contributed by atoms with Crippen molar-refractivity contribution in [3.8, 4) is 0 Å². The van der Waals surface area contributed by atoms with Crippen LogP contribution >= 0.6 is 0 Å². The number of hydrogen-bond donors (Lipinski definition) is 0. The normalized spacial score (nSPS) is 13.4. The summed E-state index contributed by atoms with van der Waals surface area (Å²) >= 11 is 0. The molecule has 0 aromatic heterocycles. The van der Waals surface area contributed by atoms with E-state index in [1.807, 2.05) is 24.3 Å². The van der Waals surface area contributed by atoms with Gasteiger partial charge in [0, 0.05) is 0 Å². The van der Waals surface area contributed by atoms with E-state index in [9.17, 15) is 0 Å². The largest absolute Gasteiger partial charge is 0.372 e. The fourth-order valence-electron chi connectivity index (χ4n) is 1.86. The minimum atomic E-state index is 0.112. The van der Waals surface area contributed by atoms with Crippen LogP contribution in [0.15, 0.2) is 50.6 Å². The summed E-state index contributed by atoms with van der Waals surface area (Å²) in [6, 6.07) is 0. The van der Waals surface area contributed by atoms with Gasteiger partial charge in [-0.05, 0) is 38.5 Å². The van der Waals surface area contributed by atoms with E-state index in [0.717, 1.165) is 38.5 Å². The lowest BCUT2D eigenvalue weighted by Gasteiger charge is -2.16. The van der Waals surface area contributed by atoms with Crippen LogP contribution in [-0.4, -0.2) is 25.4 Å². The SMILES string of the molecule is C=CCCCC(C=C)OCCOC(C=C)CCCC=C. The molecular weight excluding hydrogens is 248 g/mol. The minimum absolute atomic E-state index is 0.112. The molecule has 0 radical (unpaired) electrons. The summed E-state index contributed by atoms with van der Waals surface area (Å²) in [5, 5.41) is 0. The second kappa shape index (κ2) is 14.3. The molecule has 0 aromatic rings. The Balaban J connectivity index is 3.68. The lowest BCUT2D eigenvalue weighted by Crippen LogP contribution is -2.17. The molecule has 0 rings (SSSR count). The molecule has 0 saturated heterocycles. The van der Waals surface area contributed by atoms with Crippen LogP contribution in [0.4, 0.5) is 0 Å². The summed E-state index contributed by atoms with van der Waals surface area (Å²) in [6.07, 6.45) is 14.0. The van der Waals surface area contributed by atoms with Gasteiger partial charge in [0.2, 0.25) is 0 Å². The van der Waals surface area contributed by atoms with E-state index in [0.29, 0.717) is 13.2 Å². The molecule has 0 N–H and O–H groups in total. The molecule has 0 aromatic carbocycles. The van der Waals surface area contributed by atoms with Gasteiger partial charge in [0.15, 0.2) is 0 Å². The Hall–Kier alpha value is -1.12. The predicted octanol–water partition coefficient (Wildman–Crippen LogP) is 4.84. The summed E-state index contributed by atoms with van der Waals surface area (Å²) < 4.78 is 11.5. The fourth-order valence-corrected chi connectivity index (χ4v) is 1.86. The molecule has 0 spiro atoms. The molecule has 0 amide bonds. The van der Waals surface area contributed by atoms with Crippen molar-refractivity contribution < 1.29 is 9.47 Å². The van der Waals surface area contributed by atoms with E-state index in [-0.39, 0.29) is 12.2 Å². The van der Waals surface area contributed by atoms with Gasteiger partial charge in [0.05, 0.1) is 25.4 Å². The first-order chi connectivity index (χ1) is 9.78. The Labute approximate surface area is 124 Å². The van der Waals surface area contributed by atoms with Crippen LogP contribution in [0.3, 0.4) is 0 Å². The Kier molecular flexibility index (Phi) is 13.5. The number of unbranched alkanes of at least 4 members (excludes halogenated alkanes) is 2. The third-order valence-corrected chi connectivity index (χ3v) is 3.07. The van der Waals surface area contributed by atoms with Crippen molar-refractivity contribution in [3.63, 3.8) is 0 Å². The van der Waals surface area contributed by atoms with Crippen molar-refractivity contribution in [2.75, 3.05) is 13.2 Å². The van der Waals surface area contributed by atoms with Gasteiger partial charge in [0.1, 0.15) is 0 Å². The Morgan fingerprint density at radius 1 is 0.700 bits per heavy atom. The molecule has 0 bridgehead atoms. The molecule has 2 heteroatoms. The van der Waals surface area contributed by atoms with E-state index < -0.39 is 0 Å². The first-order valence-corrected chi connectivity index (χ1v) is 7.48. The summed E-state index contributed by atoms with van der Waals surface area (Å²) in [6.45, 7) is 16.2. The maximum atomic E-state index is 5.73. The van der Waals surface area contributed by atoms with Gasteiger partial charge in [0.25, 0.3) is 0 Å². The highest BCUT2D eigenvalue weighted by Crippen LogP contribution is 2.08. The van der Waals surface area contributed by atoms with Crippen molar-refractivity contribution >= 4 is 0 Å². The standard InChI is InChI=1S/C18H30O2/c1-5-9-11-13-17(7-3)19-15-16-20-18(8-4)14-12-10-6-2/h5-8,17-18H,1-4,9-16H2. The van der Waals surface area contributed by atoms with E-state index in [4.69, 9.17) is 9.47 Å². The quantitative estimate of drug-likeness (QED) is 0.315. The van der Waals surface area contributed by atoms with Crippen molar-refractivity contribution in [3.05, 3.63) is 50.6 Å². The summed E-state index contributed by atoms with van der Waals surface area (Å²) in [5.41, 5.74) is 0. The van der Waals surface area contributed by atoms with Crippen LogP contribution in [0.1, 0.15) is 38.5 Å². The van der Waals surface area contributed by atoms with Gasteiger partial charge >= 0.3 is 0 Å². The second-order valence-corrected chi connectivity index (χ2v) is 4.73. The average Bonchev–Trinajstić information content (AvgIpc) is 2.48. The Morgan fingerprint density at radius 2 is 1.10 bits per heavy atom. The fraction of sp³-hybridized carbons (Fsp3) is 0.556. The third-order valence-electron chi connectivity index (χ3n) is 3.07. The first-order valence-electron chi connectivity index (χ1n) is 7.48. The summed E-state index contributed by atoms with van der Waals surface area (Å²) in [4.78, 5) is 0. The highest BCUT2D eigenvalue weighted by molar-refractivity contribution is 4.82. The van der Waals surface area contributed by atoms with Crippen LogP contribution in [0, 0.1) is 0 Å². The average molecular weight is 278 g/mol. The molecule has 0 aliphatic heterocycles. The monoisotopic (exact) mass is 278 g/mol. The highest BCUT2D eigenvalue weighted by atomic mass is 16.5. The van der Waals surface area contributed by atoms with E-state index >= 15 is 0 Å². The number of rotatable bonds is 15. The van der Waals surface area contributed by atoms with Crippen LogP contribution in [0.2, 0.25) is 0 Å². The Morgan fingerprint density at radius 3 is 1.40 bits per heavy atom. The molecule has 2 nitrogen and oxygen atoms in total. The smallest absolute Gasteiger partial charge is 0.0754 e. The molecule has 2 atom stereocenters. The third kappa shape index (κ3) is 10.8. The lowest BCUT2D eigenvalue weighted by atomic mass is 10.1. The van der Waals surface area contributed by atoms with Gasteiger partial charge in [-0.2, -0.15) is 0 Å². The van der Waals surface area contributed by atoms with Gasteiger partial charge in [-0.25, -0.2) is 0 Å². The summed E-state index contributed by atoms with van der Waals surface area (Å²) in [7, 11) is 0. The topological polar surface area (TPSA) is 18.5 Å². The molecule has 0 aliphatic carbocycles. The van der Waals surface area contributed by atoms with Gasteiger partial charge in [-0.3, -0.25) is 0 Å². The minimum Gasteiger partial charge on any atom is -0.372 e. The molecule has 2 unspecified atom stereocenters. The molecule has 114 valence electrons. The van der Waals surface area contributed by atoms with Crippen LogP contribution < -0.4 is 0 Å². The highest BCUT2D eigenvalue weighted by Gasteiger charge is 2.06. The lowest BCUT2D eigenvalue weighted by molar-refractivity contribution is -0.0000693. The van der Waals surface area contributed by atoms with E-state index in [1.165, 1.54) is 0 Å². The first kappa shape index (κ1) is 18.9. The van der Waals surface area contributed by atoms with Crippen LogP contribution in [0.5, 0.6) is 0 Å². The van der Waals surface area contributed by atoms with E-state index in [1.54, 1.807) is 0 Å². The molecule has 0 aliphatic rings. The number of ether oxygens (including phenoxy) is 2. The maximum Gasteiger partial charge on any atom is 0.0754 e. The predicted molar refractivity (Wildman–Crippen MR) is 88.0 cm³/mol. The summed E-state index contributed by atoms with van der Waals surface area (Å²) in [5.74, 6) is 0.